The first-order chi connectivity index (χ1) is 10.2. The minimum absolute atomic E-state index is 0.0439. The lowest BCUT2D eigenvalue weighted by molar-refractivity contribution is 0.340. The molecule has 0 saturated heterocycles. The molecule has 6 heteroatoms. The zero-order valence-electron chi connectivity index (χ0n) is 11.5. The second-order valence-corrected chi connectivity index (χ2v) is 5.86. The van der Waals surface area contributed by atoms with Crippen molar-refractivity contribution in [2.75, 3.05) is 6.61 Å². The average molecular weight is 318 g/mol. The largest absolute Gasteiger partial charge is 0.494 e. The lowest BCUT2D eigenvalue weighted by Gasteiger charge is -2.08. The number of aromatic amines is 1. The van der Waals surface area contributed by atoms with Gasteiger partial charge in [0.1, 0.15) is 10.4 Å². The molecule has 21 heavy (non-hydrogen) atoms. The molecule has 0 bridgehead atoms. The quantitative estimate of drug-likeness (QED) is 0.748. The Morgan fingerprint density at radius 1 is 1.29 bits per heavy atom. The number of benzene rings is 1. The second-order valence-electron chi connectivity index (χ2n) is 4.56. The van der Waals surface area contributed by atoms with Crippen molar-refractivity contribution >= 4 is 33.8 Å². The Hall–Kier alpha value is -1.92. The van der Waals surface area contributed by atoms with E-state index in [2.05, 4.69) is 4.98 Å². The number of nitrogens with one attached hydrogen (secondary N) is 1. The highest BCUT2D eigenvalue weighted by atomic mass is 32.1. The molecule has 0 unspecified atom stereocenters. The van der Waals surface area contributed by atoms with Crippen LogP contribution in [0.1, 0.15) is 12.5 Å². The fraction of sp³-hybridized carbons (Fsp3) is 0.200. The SMILES string of the molecule is CCOc1ccc(Cn2c(=S)[nH]c3ccsc3c2=O)cc1. The van der Waals surface area contributed by atoms with Gasteiger partial charge in [0.15, 0.2) is 4.77 Å². The predicted octanol–water partition coefficient (Wildman–Crippen LogP) is 3.57. The van der Waals surface area contributed by atoms with Crippen LogP contribution in [0.25, 0.3) is 10.2 Å². The number of aromatic nitrogens is 2. The van der Waals surface area contributed by atoms with Crippen LogP contribution in [0.15, 0.2) is 40.5 Å². The molecule has 0 aliphatic heterocycles. The standard InChI is InChI=1S/C15H14N2O2S2/c1-2-19-11-5-3-10(4-6-11)9-17-14(18)13-12(7-8-21-13)16-15(17)20/h3-8H,2,9H2,1H3,(H,16,20). The Labute approximate surface area is 130 Å². The second kappa shape index (κ2) is 5.83. The van der Waals surface area contributed by atoms with E-state index < -0.39 is 0 Å². The van der Waals surface area contributed by atoms with Gasteiger partial charge in [-0.05, 0) is 48.3 Å². The van der Waals surface area contributed by atoms with Crippen molar-refractivity contribution in [2.45, 2.75) is 13.5 Å². The summed E-state index contributed by atoms with van der Waals surface area (Å²) in [5, 5.41) is 1.89. The third-order valence-electron chi connectivity index (χ3n) is 3.17. The van der Waals surface area contributed by atoms with E-state index in [1.54, 1.807) is 4.57 Å². The molecule has 0 aliphatic rings. The minimum Gasteiger partial charge on any atom is -0.494 e. The number of fused-ring (bicyclic) bond motifs is 1. The first-order valence-corrected chi connectivity index (χ1v) is 7.90. The molecule has 3 aromatic rings. The predicted molar refractivity (Wildman–Crippen MR) is 88.0 cm³/mol. The Morgan fingerprint density at radius 2 is 2.05 bits per heavy atom. The molecule has 4 nitrogen and oxygen atoms in total. The van der Waals surface area contributed by atoms with Crippen LogP contribution in [0.5, 0.6) is 5.75 Å². The van der Waals surface area contributed by atoms with Crippen molar-refractivity contribution < 1.29 is 4.74 Å². The van der Waals surface area contributed by atoms with Crippen LogP contribution >= 0.6 is 23.6 Å². The van der Waals surface area contributed by atoms with Gasteiger partial charge in [-0.2, -0.15) is 0 Å². The van der Waals surface area contributed by atoms with E-state index in [4.69, 9.17) is 17.0 Å². The monoisotopic (exact) mass is 318 g/mol. The van der Waals surface area contributed by atoms with Crippen LogP contribution in [0, 0.1) is 4.77 Å². The minimum atomic E-state index is -0.0439. The van der Waals surface area contributed by atoms with Gasteiger partial charge in [0.2, 0.25) is 0 Å². The van der Waals surface area contributed by atoms with Gasteiger partial charge in [0, 0.05) is 0 Å². The maximum Gasteiger partial charge on any atom is 0.272 e. The van der Waals surface area contributed by atoms with E-state index in [1.165, 1.54) is 11.3 Å². The zero-order valence-corrected chi connectivity index (χ0v) is 13.1. The van der Waals surface area contributed by atoms with Crippen LogP contribution in [-0.2, 0) is 6.54 Å². The summed E-state index contributed by atoms with van der Waals surface area (Å²) >= 11 is 6.71. The average Bonchev–Trinajstić information content (AvgIpc) is 2.94. The van der Waals surface area contributed by atoms with Gasteiger partial charge in [0.05, 0.1) is 18.7 Å². The summed E-state index contributed by atoms with van der Waals surface area (Å²) in [6, 6.07) is 9.58. The number of hydrogen-bond donors (Lipinski definition) is 1. The van der Waals surface area contributed by atoms with Gasteiger partial charge in [-0.3, -0.25) is 9.36 Å². The van der Waals surface area contributed by atoms with E-state index in [-0.39, 0.29) is 5.56 Å². The number of ether oxygens (including phenoxy) is 1. The summed E-state index contributed by atoms with van der Waals surface area (Å²) in [5.74, 6) is 0.826. The summed E-state index contributed by atoms with van der Waals surface area (Å²) in [4.78, 5) is 15.5. The van der Waals surface area contributed by atoms with Gasteiger partial charge in [0.25, 0.3) is 5.56 Å². The summed E-state index contributed by atoms with van der Waals surface area (Å²) in [6.07, 6.45) is 0. The first-order valence-electron chi connectivity index (χ1n) is 6.61. The maximum atomic E-state index is 12.4. The molecule has 108 valence electrons. The van der Waals surface area contributed by atoms with Crippen LogP contribution in [0.4, 0.5) is 0 Å². The van der Waals surface area contributed by atoms with Crippen molar-refractivity contribution in [1.29, 1.82) is 0 Å². The third kappa shape index (κ3) is 2.77. The fourth-order valence-corrected chi connectivity index (χ4v) is 3.21. The van der Waals surface area contributed by atoms with Gasteiger partial charge < -0.3 is 9.72 Å². The Balaban J connectivity index is 1.97. The molecule has 0 aliphatic carbocycles. The number of H-pyrrole nitrogens is 1. The van der Waals surface area contributed by atoms with Crippen LogP contribution in [-0.4, -0.2) is 16.2 Å². The Bertz CT molecular complexity index is 875. The molecule has 0 radical (unpaired) electrons. The maximum absolute atomic E-state index is 12.4. The molecule has 2 heterocycles. The van der Waals surface area contributed by atoms with E-state index in [1.807, 2.05) is 42.6 Å². The van der Waals surface area contributed by atoms with Gasteiger partial charge >= 0.3 is 0 Å². The number of rotatable bonds is 4. The van der Waals surface area contributed by atoms with Gasteiger partial charge in [-0.1, -0.05) is 12.1 Å². The molecule has 1 N–H and O–H groups in total. The number of thiophene rings is 1. The van der Waals surface area contributed by atoms with Crippen molar-refractivity contribution in [3.05, 3.63) is 56.4 Å². The van der Waals surface area contributed by atoms with Crippen molar-refractivity contribution in [1.82, 2.24) is 9.55 Å². The number of nitrogens with zero attached hydrogens (tertiary/aromatic N) is 1. The van der Waals surface area contributed by atoms with E-state index in [0.717, 1.165) is 16.8 Å². The highest BCUT2D eigenvalue weighted by Crippen LogP contribution is 2.16. The molecule has 0 spiro atoms. The lowest BCUT2D eigenvalue weighted by Crippen LogP contribution is -2.21. The van der Waals surface area contributed by atoms with Crippen molar-refractivity contribution in [2.24, 2.45) is 0 Å². The lowest BCUT2D eigenvalue weighted by atomic mass is 10.2. The van der Waals surface area contributed by atoms with Gasteiger partial charge in [-0.25, -0.2) is 0 Å². The summed E-state index contributed by atoms with van der Waals surface area (Å²) in [7, 11) is 0. The molecule has 0 saturated carbocycles. The Kier molecular flexibility index (Phi) is 3.90. The molecule has 1 aromatic carbocycles. The first kappa shape index (κ1) is 14.0. The molecular weight excluding hydrogens is 304 g/mol. The third-order valence-corrected chi connectivity index (χ3v) is 4.39. The fourth-order valence-electron chi connectivity index (χ4n) is 2.15. The van der Waals surface area contributed by atoms with Crippen molar-refractivity contribution in [3.8, 4) is 5.75 Å². The van der Waals surface area contributed by atoms with Crippen molar-refractivity contribution in [3.63, 3.8) is 0 Å². The zero-order chi connectivity index (χ0) is 14.8. The Morgan fingerprint density at radius 3 is 2.76 bits per heavy atom. The van der Waals surface area contributed by atoms with Crippen LogP contribution in [0.3, 0.4) is 0 Å². The molecule has 0 atom stereocenters. The summed E-state index contributed by atoms with van der Waals surface area (Å²) in [6.45, 7) is 3.04. The summed E-state index contributed by atoms with van der Waals surface area (Å²) in [5.41, 5.74) is 1.77. The summed E-state index contributed by atoms with van der Waals surface area (Å²) < 4.78 is 8.15. The van der Waals surface area contributed by atoms with Gasteiger partial charge in [-0.15, -0.1) is 11.3 Å². The normalized spacial score (nSPS) is 10.9. The highest BCUT2D eigenvalue weighted by Gasteiger charge is 2.07. The smallest absolute Gasteiger partial charge is 0.272 e. The van der Waals surface area contributed by atoms with E-state index in [9.17, 15) is 4.79 Å². The van der Waals surface area contributed by atoms with Crippen LogP contribution in [0.2, 0.25) is 0 Å². The highest BCUT2D eigenvalue weighted by molar-refractivity contribution is 7.71. The molecular formula is C15H14N2O2S2. The molecule has 0 amide bonds. The molecule has 0 fully saturated rings. The van der Waals surface area contributed by atoms with Crippen LogP contribution < -0.4 is 10.3 Å². The van der Waals surface area contributed by atoms with E-state index >= 15 is 0 Å². The van der Waals surface area contributed by atoms with E-state index in [0.29, 0.717) is 22.6 Å². The topological polar surface area (TPSA) is 47.0 Å². The number of hydrogen-bond acceptors (Lipinski definition) is 4. The molecule has 2 aromatic heterocycles. The molecule has 3 rings (SSSR count).